The van der Waals surface area contributed by atoms with Crippen molar-refractivity contribution in [1.29, 1.82) is 0 Å². The number of carbonyl (C=O) groups is 2. The van der Waals surface area contributed by atoms with Crippen LogP contribution in [0.2, 0.25) is 0 Å². The highest BCUT2D eigenvalue weighted by atomic mass is 16.2. The maximum atomic E-state index is 12.1. The standard InChI is InChI=1S/C16H26N4O2/c1-13-11-18-19(12-13)10-7-15(21)17-8-6-16(22)20-9-4-3-5-14(20)2/h11-12,14H,3-10H2,1-2H3,(H,17,21)/t14-/m1/s1. The summed E-state index contributed by atoms with van der Waals surface area (Å²) in [6.45, 7) is 5.90. The van der Waals surface area contributed by atoms with Crippen LogP contribution in [0.15, 0.2) is 12.4 Å². The first-order chi connectivity index (χ1) is 10.6. The summed E-state index contributed by atoms with van der Waals surface area (Å²) in [4.78, 5) is 25.8. The number of aromatic nitrogens is 2. The second-order valence-electron chi connectivity index (χ2n) is 6.06. The van der Waals surface area contributed by atoms with Gasteiger partial charge in [-0.05, 0) is 38.7 Å². The second kappa shape index (κ2) is 7.96. The molecule has 1 aromatic heterocycles. The van der Waals surface area contributed by atoms with E-state index in [-0.39, 0.29) is 11.8 Å². The molecule has 1 aliphatic rings. The molecule has 6 nitrogen and oxygen atoms in total. The van der Waals surface area contributed by atoms with Crippen LogP contribution in [-0.2, 0) is 16.1 Å². The molecule has 1 fully saturated rings. The lowest BCUT2D eigenvalue weighted by Crippen LogP contribution is -2.43. The Labute approximate surface area is 131 Å². The molecule has 2 amide bonds. The normalized spacial score (nSPS) is 18.3. The third-order valence-corrected chi connectivity index (χ3v) is 4.11. The van der Waals surface area contributed by atoms with E-state index in [1.165, 1.54) is 6.42 Å². The van der Waals surface area contributed by atoms with Crippen LogP contribution >= 0.6 is 0 Å². The molecule has 2 rings (SSSR count). The van der Waals surface area contributed by atoms with Crippen LogP contribution in [0.3, 0.4) is 0 Å². The summed E-state index contributed by atoms with van der Waals surface area (Å²) in [6, 6.07) is 0.333. The molecule has 2 heterocycles. The maximum absolute atomic E-state index is 12.1. The minimum atomic E-state index is -0.0346. The maximum Gasteiger partial charge on any atom is 0.224 e. The Hall–Kier alpha value is -1.85. The zero-order valence-corrected chi connectivity index (χ0v) is 13.5. The van der Waals surface area contributed by atoms with Gasteiger partial charge in [-0.2, -0.15) is 5.10 Å². The van der Waals surface area contributed by atoms with Crippen molar-refractivity contribution in [3.05, 3.63) is 18.0 Å². The summed E-state index contributed by atoms with van der Waals surface area (Å²) in [5.74, 6) is 0.114. The number of carbonyl (C=O) groups excluding carboxylic acids is 2. The number of nitrogens with one attached hydrogen (secondary N) is 1. The molecule has 1 aliphatic heterocycles. The van der Waals surface area contributed by atoms with Gasteiger partial charge in [0.25, 0.3) is 0 Å². The predicted molar refractivity (Wildman–Crippen MR) is 84.2 cm³/mol. The van der Waals surface area contributed by atoms with Crippen LogP contribution in [0.25, 0.3) is 0 Å². The Balaban J connectivity index is 1.63. The van der Waals surface area contributed by atoms with E-state index in [9.17, 15) is 9.59 Å². The van der Waals surface area contributed by atoms with E-state index in [1.807, 2.05) is 18.0 Å². The van der Waals surface area contributed by atoms with Crippen molar-refractivity contribution in [3.63, 3.8) is 0 Å². The van der Waals surface area contributed by atoms with Gasteiger partial charge in [0.05, 0.1) is 6.20 Å². The fraction of sp³-hybridized carbons (Fsp3) is 0.688. The molecule has 0 spiro atoms. The number of nitrogens with zero attached hydrogens (tertiary/aromatic N) is 3. The first-order valence-corrected chi connectivity index (χ1v) is 8.11. The van der Waals surface area contributed by atoms with Gasteiger partial charge < -0.3 is 10.2 Å². The summed E-state index contributed by atoms with van der Waals surface area (Å²) in [6.07, 6.45) is 7.83. The zero-order valence-electron chi connectivity index (χ0n) is 13.5. The number of aryl methyl sites for hydroxylation is 2. The molecule has 0 radical (unpaired) electrons. The third kappa shape index (κ3) is 4.86. The van der Waals surface area contributed by atoms with Crippen LogP contribution in [0.4, 0.5) is 0 Å². The molecule has 1 aromatic rings. The van der Waals surface area contributed by atoms with Crippen LogP contribution < -0.4 is 5.32 Å². The smallest absolute Gasteiger partial charge is 0.224 e. The average molecular weight is 306 g/mol. The Kier molecular flexibility index (Phi) is 5.98. The average Bonchev–Trinajstić information content (AvgIpc) is 2.91. The molecule has 122 valence electrons. The summed E-state index contributed by atoms with van der Waals surface area (Å²) in [7, 11) is 0. The highest BCUT2D eigenvalue weighted by molar-refractivity contribution is 5.79. The van der Waals surface area contributed by atoms with Crippen molar-refractivity contribution >= 4 is 11.8 Å². The molecule has 1 N–H and O–H groups in total. The molecule has 6 heteroatoms. The molecule has 0 aliphatic carbocycles. The van der Waals surface area contributed by atoms with E-state index in [2.05, 4.69) is 17.3 Å². The van der Waals surface area contributed by atoms with E-state index < -0.39 is 0 Å². The van der Waals surface area contributed by atoms with E-state index in [0.717, 1.165) is 24.9 Å². The summed E-state index contributed by atoms with van der Waals surface area (Å²) in [5.41, 5.74) is 1.08. The fourth-order valence-electron chi connectivity index (χ4n) is 2.81. The fourth-order valence-corrected chi connectivity index (χ4v) is 2.81. The van der Waals surface area contributed by atoms with Crippen molar-refractivity contribution in [1.82, 2.24) is 20.0 Å². The molecular formula is C16H26N4O2. The quantitative estimate of drug-likeness (QED) is 0.866. The lowest BCUT2D eigenvalue weighted by Gasteiger charge is -2.33. The van der Waals surface area contributed by atoms with Gasteiger partial charge in [-0.1, -0.05) is 0 Å². The minimum absolute atomic E-state index is 0.0346. The Morgan fingerprint density at radius 1 is 1.36 bits per heavy atom. The molecule has 0 bridgehead atoms. The first kappa shape index (κ1) is 16.5. The van der Waals surface area contributed by atoms with Crippen molar-refractivity contribution in [2.75, 3.05) is 13.1 Å². The van der Waals surface area contributed by atoms with Gasteiger partial charge in [0.2, 0.25) is 11.8 Å². The van der Waals surface area contributed by atoms with Crippen LogP contribution in [-0.4, -0.2) is 45.6 Å². The van der Waals surface area contributed by atoms with E-state index >= 15 is 0 Å². The van der Waals surface area contributed by atoms with Gasteiger partial charge >= 0.3 is 0 Å². The lowest BCUT2D eigenvalue weighted by atomic mass is 10.0. The van der Waals surface area contributed by atoms with Gasteiger partial charge in [0.1, 0.15) is 0 Å². The minimum Gasteiger partial charge on any atom is -0.356 e. The number of rotatable bonds is 6. The Bertz CT molecular complexity index is 512. The molecule has 22 heavy (non-hydrogen) atoms. The third-order valence-electron chi connectivity index (χ3n) is 4.11. The van der Waals surface area contributed by atoms with Crippen molar-refractivity contribution in [2.24, 2.45) is 0 Å². The predicted octanol–water partition coefficient (Wildman–Crippen LogP) is 1.49. The number of likely N-dealkylation sites (tertiary alicyclic amines) is 1. The number of hydrogen-bond acceptors (Lipinski definition) is 3. The molecule has 0 saturated carbocycles. The van der Waals surface area contributed by atoms with Gasteiger partial charge in [-0.3, -0.25) is 14.3 Å². The van der Waals surface area contributed by atoms with Crippen LogP contribution in [0, 0.1) is 6.92 Å². The SMILES string of the molecule is Cc1cnn(CCC(=O)NCCC(=O)N2CCCC[C@H]2C)c1. The van der Waals surface area contributed by atoms with E-state index in [4.69, 9.17) is 0 Å². The number of amides is 2. The lowest BCUT2D eigenvalue weighted by molar-refractivity contribution is -0.134. The highest BCUT2D eigenvalue weighted by Crippen LogP contribution is 2.16. The summed E-state index contributed by atoms with van der Waals surface area (Å²) >= 11 is 0. The molecule has 1 atom stereocenters. The number of piperidine rings is 1. The van der Waals surface area contributed by atoms with Crippen molar-refractivity contribution in [2.45, 2.75) is 58.5 Å². The molecule has 0 unspecified atom stereocenters. The van der Waals surface area contributed by atoms with Crippen LogP contribution in [0.5, 0.6) is 0 Å². The van der Waals surface area contributed by atoms with Gasteiger partial charge in [-0.25, -0.2) is 0 Å². The molecular weight excluding hydrogens is 280 g/mol. The molecule has 1 saturated heterocycles. The number of hydrogen-bond donors (Lipinski definition) is 1. The summed E-state index contributed by atoms with van der Waals surface area (Å²) in [5, 5.41) is 6.96. The van der Waals surface area contributed by atoms with E-state index in [0.29, 0.717) is 32.0 Å². The first-order valence-electron chi connectivity index (χ1n) is 8.11. The van der Waals surface area contributed by atoms with Crippen LogP contribution in [0.1, 0.15) is 44.6 Å². The van der Waals surface area contributed by atoms with Gasteiger partial charge in [0, 0.05) is 44.7 Å². The summed E-state index contributed by atoms with van der Waals surface area (Å²) < 4.78 is 1.76. The topological polar surface area (TPSA) is 67.2 Å². The van der Waals surface area contributed by atoms with Gasteiger partial charge in [0.15, 0.2) is 0 Å². The Morgan fingerprint density at radius 3 is 2.86 bits per heavy atom. The second-order valence-corrected chi connectivity index (χ2v) is 6.06. The van der Waals surface area contributed by atoms with E-state index in [1.54, 1.807) is 10.9 Å². The highest BCUT2D eigenvalue weighted by Gasteiger charge is 2.22. The zero-order chi connectivity index (χ0) is 15.9. The Morgan fingerprint density at radius 2 is 2.18 bits per heavy atom. The van der Waals surface area contributed by atoms with Gasteiger partial charge in [-0.15, -0.1) is 0 Å². The molecule has 0 aromatic carbocycles. The monoisotopic (exact) mass is 306 g/mol. The van der Waals surface area contributed by atoms with Crippen molar-refractivity contribution in [3.8, 4) is 0 Å². The van der Waals surface area contributed by atoms with Crippen molar-refractivity contribution < 1.29 is 9.59 Å². The largest absolute Gasteiger partial charge is 0.356 e.